The number of benzene rings is 1. The number of hydrogen-bond donors (Lipinski definition) is 1. The summed E-state index contributed by atoms with van der Waals surface area (Å²) < 4.78 is 10.8. The molecule has 1 aromatic carbocycles. The van der Waals surface area contributed by atoms with Crippen LogP contribution in [0.4, 0.5) is 0 Å². The van der Waals surface area contributed by atoms with Crippen LogP contribution in [0.1, 0.15) is 38.3 Å². The van der Waals surface area contributed by atoms with E-state index in [4.69, 9.17) is 9.47 Å². The van der Waals surface area contributed by atoms with Gasteiger partial charge in [-0.05, 0) is 51.7 Å². The summed E-state index contributed by atoms with van der Waals surface area (Å²) >= 11 is 0. The molecule has 0 aromatic heterocycles. The number of methoxy groups -OCH3 is 2. The summed E-state index contributed by atoms with van der Waals surface area (Å²) in [6.45, 7) is 4.48. The minimum atomic E-state index is 0.0477. The van der Waals surface area contributed by atoms with Gasteiger partial charge in [0.25, 0.3) is 0 Å². The van der Waals surface area contributed by atoms with E-state index in [-0.39, 0.29) is 11.6 Å². The maximum Gasteiger partial charge on any atom is 0.122 e. The summed E-state index contributed by atoms with van der Waals surface area (Å²) in [5, 5.41) is 3.49. The van der Waals surface area contributed by atoms with Crippen molar-refractivity contribution in [3.63, 3.8) is 0 Å². The molecule has 0 aliphatic heterocycles. The van der Waals surface area contributed by atoms with Crippen LogP contribution in [0.2, 0.25) is 0 Å². The van der Waals surface area contributed by atoms with E-state index in [1.807, 2.05) is 13.1 Å². The molecular weight excluding hydrogens is 264 g/mol. The average Bonchev–Trinajstić information content (AvgIpc) is 2.51. The monoisotopic (exact) mass is 294 g/mol. The smallest absolute Gasteiger partial charge is 0.122 e. The molecule has 0 spiro atoms. The lowest BCUT2D eigenvalue weighted by molar-refractivity contribution is 0.0916. The Morgan fingerprint density at radius 2 is 1.52 bits per heavy atom. The molecule has 120 valence electrons. The Bertz CT molecular complexity index is 420. The predicted molar refractivity (Wildman–Crippen MR) is 88.3 cm³/mol. The average molecular weight is 294 g/mol. The lowest BCUT2D eigenvalue weighted by Gasteiger charge is -2.45. The molecule has 0 aliphatic carbocycles. The zero-order chi connectivity index (χ0) is 16.0. The number of hydrogen-bond acceptors (Lipinski definition) is 4. The van der Waals surface area contributed by atoms with E-state index in [1.165, 1.54) is 5.56 Å². The van der Waals surface area contributed by atoms with Gasteiger partial charge in [0.05, 0.1) is 20.3 Å². The number of ether oxygens (including phenoxy) is 2. The van der Waals surface area contributed by atoms with E-state index in [0.29, 0.717) is 0 Å². The predicted octanol–water partition coefficient (Wildman–Crippen LogP) is 3.08. The van der Waals surface area contributed by atoms with Crippen LogP contribution in [0.15, 0.2) is 18.2 Å². The second-order valence-electron chi connectivity index (χ2n) is 5.57. The van der Waals surface area contributed by atoms with Gasteiger partial charge in [0.2, 0.25) is 0 Å². The van der Waals surface area contributed by atoms with Crippen LogP contribution >= 0.6 is 0 Å². The number of nitrogens with zero attached hydrogens (tertiary/aromatic N) is 1. The van der Waals surface area contributed by atoms with Gasteiger partial charge < -0.3 is 19.7 Å². The highest BCUT2D eigenvalue weighted by Crippen LogP contribution is 2.38. The van der Waals surface area contributed by atoms with Crippen molar-refractivity contribution in [1.29, 1.82) is 0 Å². The number of rotatable bonds is 8. The van der Waals surface area contributed by atoms with E-state index < -0.39 is 0 Å². The van der Waals surface area contributed by atoms with Crippen LogP contribution in [0.3, 0.4) is 0 Å². The summed E-state index contributed by atoms with van der Waals surface area (Å²) in [6.07, 6.45) is 2.11. The molecule has 0 saturated heterocycles. The summed E-state index contributed by atoms with van der Waals surface area (Å²) in [5.41, 5.74) is 1.23. The lowest BCUT2D eigenvalue weighted by Crippen LogP contribution is -2.52. The van der Waals surface area contributed by atoms with Gasteiger partial charge in [-0.2, -0.15) is 0 Å². The zero-order valence-electron chi connectivity index (χ0n) is 14.5. The molecule has 0 saturated carbocycles. The molecule has 0 bridgehead atoms. The summed E-state index contributed by atoms with van der Waals surface area (Å²) in [7, 11) is 9.68. The molecule has 1 rings (SSSR count). The van der Waals surface area contributed by atoms with Crippen molar-refractivity contribution in [2.24, 2.45) is 0 Å². The van der Waals surface area contributed by atoms with E-state index >= 15 is 0 Å². The largest absolute Gasteiger partial charge is 0.497 e. The first kappa shape index (κ1) is 17.8. The normalized spacial score (nSPS) is 13.3. The first-order chi connectivity index (χ1) is 9.98. The Kier molecular flexibility index (Phi) is 6.49. The van der Waals surface area contributed by atoms with Crippen molar-refractivity contribution >= 4 is 0 Å². The third kappa shape index (κ3) is 3.50. The standard InChI is InChI=1S/C17H30N2O2/c1-8-17(9-2,19(4)5)16(18-3)13-10-14(20-6)12-15(11-13)21-7/h10-12,16,18H,8-9H2,1-7H3. The van der Waals surface area contributed by atoms with Gasteiger partial charge in [0.1, 0.15) is 11.5 Å². The molecule has 0 radical (unpaired) electrons. The van der Waals surface area contributed by atoms with Crippen LogP contribution < -0.4 is 14.8 Å². The minimum absolute atomic E-state index is 0.0477. The van der Waals surface area contributed by atoms with E-state index in [2.05, 4.69) is 50.3 Å². The van der Waals surface area contributed by atoms with E-state index in [0.717, 1.165) is 24.3 Å². The molecule has 1 N–H and O–H groups in total. The van der Waals surface area contributed by atoms with Gasteiger partial charge in [0.15, 0.2) is 0 Å². The van der Waals surface area contributed by atoms with Crippen LogP contribution in [0.25, 0.3) is 0 Å². The maximum atomic E-state index is 5.41. The Morgan fingerprint density at radius 1 is 1.05 bits per heavy atom. The summed E-state index contributed by atoms with van der Waals surface area (Å²) in [6, 6.07) is 6.29. The van der Waals surface area contributed by atoms with Gasteiger partial charge >= 0.3 is 0 Å². The van der Waals surface area contributed by atoms with Crippen molar-refractivity contribution in [3.8, 4) is 11.5 Å². The minimum Gasteiger partial charge on any atom is -0.497 e. The molecule has 0 aliphatic rings. The molecule has 4 heteroatoms. The fourth-order valence-corrected chi connectivity index (χ4v) is 3.29. The Morgan fingerprint density at radius 3 is 1.81 bits per heavy atom. The van der Waals surface area contributed by atoms with Gasteiger partial charge in [-0.15, -0.1) is 0 Å². The second kappa shape index (κ2) is 7.66. The van der Waals surface area contributed by atoms with Crippen LogP contribution in [-0.2, 0) is 0 Å². The van der Waals surface area contributed by atoms with Crippen molar-refractivity contribution in [1.82, 2.24) is 10.2 Å². The fraction of sp³-hybridized carbons (Fsp3) is 0.647. The fourth-order valence-electron chi connectivity index (χ4n) is 3.29. The van der Waals surface area contributed by atoms with Gasteiger partial charge in [-0.25, -0.2) is 0 Å². The van der Waals surface area contributed by atoms with Crippen LogP contribution in [-0.4, -0.2) is 45.8 Å². The molecule has 0 fully saturated rings. The molecule has 4 nitrogen and oxygen atoms in total. The summed E-state index contributed by atoms with van der Waals surface area (Å²) in [4.78, 5) is 2.32. The molecule has 0 heterocycles. The van der Waals surface area contributed by atoms with Crippen molar-refractivity contribution in [2.75, 3.05) is 35.4 Å². The molecule has 1 unspecified atom stereocenters. The third-order valence-corrected chi connectivity index (χ3v) is 4.65. The van der Waals surface area contributed by atoms with Crippen LogP contribution in [0.5, 0.6) is 11.5 Å². The second-order valence-corrected chi connectivity index (χ2v) is 5.57. The van der Waals surface area contributed by atoms with E-state index in [1.54, 1.807) is 14.2 Å². The third-order valence-electron chi connectivity index (χ3n) is 4.65. The van der Waals surface area contributed by atoms with Crippen LogP contribution in [0, 0.1) is 0 Å². The topological polar surface area (TPSA) is 33.7 Å². The highest BCUT2D eigenvalue weighted by molar-refractivity contribution is 5.41. The van der Waals surface area contributed by atoms with Crippen molar-refractivity contribution < 1.29 is 9.47 Å². The summed E-state index contributed by atoms with van der Waals surface area (Å²) in [5.74, 6) is 1.65. The molecule has 0 amide bonds. The first-order valence-electron chi connectivity index (χ1n) is 7.56. The highest BCUT2D eigenvalue weighted by atomic mass is 16.5. The van der Waals surface area contributed by atoms with Gasteiger partial charge in [-0.3, -0.25) is 0 Å². The molecule has 1 aromatic rings. The maximum absolute atomic E-state index is 5.41. The Labute approximate surface area is 129 Å². The van der Waals surface area contributed by atoms with Gasteiger partial charge in [-0.1, -0.05) is 13.8 Å². The molecular formula is C17H30N2O2. The Hall–Kier alpha value is -1.26. The number of nitrogens with one attached hydrogen (secondary N) is 1. The number of likely N-dealkylation sites (N-methyl/N-ethyl adjacent to an activating group) is 2. The molecule has 1 atom stereocenters. The Balaban J connectivity index is 3.37. The highest BCUT2D eigenvalue weighted by Gasteiger charge is 2.38. The van der Waals surface area contributed by atoms with E-state index in [9.17, 15) is 0 Å². The van der Waals surface area contributed by atoms with Crippen molar-refractivity contribution in [3.05, 3.63) is 23.8 Å². The lowest BCUT2D eigenvalue weighted by atomic mass is 9.79. The SMILES string of the molecule is CCC(CC)(C(NC)c1cc(OC)cc(OC)c1)N(C)C. The van der Waals surface area contributed by atoms with Gasteiger partial charge in [0, 0.05) is 11.6 Å². The molecule has 21 heavy (non-hydrogen) atoms. The quantitative estimate of drug-likeness (QED) is 0.799. The van der Waals surface area contributed by atoms with Crippen molar-refractivity contribution in [2.45, 2.75) is 38.3 Å². The zero-order valence-corrected chi connectivity index (χ0v) is 14.5. The first-order valence-corrected chi connectivity index (χ1v) is 7.56.